The Kier molecular flexibility index (Phi) is 6.85. The third kappa shape index (κ3) is 5.17. The lowest BCUT2D eigenvalue weighted by Gasteiger charge is -2.32. The van der Waals surface area contributed by atoms with Crippen molar-refractivity contribution >= 4 is 25.2 Å². The largest absolute Gasteiger partial charge is 0.494 e. The second kappa shape index (κ2) is 8.40. The second-order valence-corrected chi connectivity index (χ2v) is 8.73. The Morgan fingerprint density at radius 3 is 1.74 bits per heavy atom. The highest BCUT2D eigenvalue weighted by Gasteiger charge is 2.51. The molecule has 0 amide bonds. The molecule has 0 aromatic heterocycles. The van der Waals surface area contributed by atoms with Crippen LogP contribution in [-0.2, 0) is 15.9 Å². The number of hydrogen-bond acceptors (Lipinski definition) is 4. The van der Waals surface area contributed by atoms with Gasteiger partial charge in [0.15, 0.2) is 0 Å². The van der Waals surface area contributed by atoms with Gasteiger partial charge in [0, 0.05) is 11.4 Å². The molecule has 1 heterocycles. The molecule has 2 aromatic rings. The van der Waals surface area contributed by atoms with Crippen LogP contribution in [0.3, 0.4) is 0 Å². The standard InChI is InChI=1S/C13H20BNO2.C9H12S/c1-12(2)13(3,4)17-14(16-12)11-7-5-10(9-15)6-8-11;1-6-4-7(2)9(10)8(3)5-6/h5-8H,9,15H2,1-4H3;4-5,10H,1-3H3. The molecule has 27 heavy (non-hydrogen) atoms. The average Bonchev–Trinajstić information content (AvgIpc) is 2.81. The third-order valence-electron chi connectivity index (χ3n) is 5.38. The number of aryl methyl sites for hydroxylation is 3. The Bertz CT molecular complexity index is 748. The van der Waals surface area contributed by atoms with E-state index >= 15 is 0 Å². The molecule has 0 saturated carbocycles. The van der Waals surface area contributed by atoms with Gasteiger partial charge in [-0.2, -0.15) is 0 Å². The summed E-state index contributed by atoms with van der Waals surface area (Å²) in [6, 6.07) is 12.4. The first-order chi connectivity index (χ1) is 12.5. The molecule has 5 heteroatoms. The molecule has 3 nitrogen and oxygen atoms in total. The van der Waals surface area contributed by atoms with E-state index in [4.69, 9.17) is 15.0 Å². The van der Waals surface area contributed by atoms with Gasteiger partial charge in [-0.1, -0.05) is 42.0 Å². The van der Waals surface area contributed by atoms with Gasteiger partial charge < -0.3 is 15.0 Å². The van der Waals surface area contributed by atoms with Crippen molar-refractivity contribution in [2.45, 2.75) is 71.1 Å². The van der Waals surface area contributed by atoms with Gasteiger partial charge >= 0.3 is 7.12 Å². The number of thiol groups is 1. The number of nitrogens with two attached hydrogens (primary N) is 1. The summed E-state index contributed by atoms with van der Waals surface area (Å²) in [5, 5.41) is 0. The summed E-state index contributed by atoms with van der Waals surface area (Å²) >= 11 is 4.36. The fraction of sp³-hybridized carbons (Fsp3) is 0.455. The molecule has 0 radical (unpaired) electrons. The van der Waals surface area contributed by atoms with Crippen molar-refractivity contribution in [3.05, 3.63) is 58.7 Å². The van der Waals surface area contributed by atoms with Crippen molar-refractivity contribution in [2.75, 3.05) is 0 Å². The van der Waals surface area contributed by atoms with E-state index in [-0.39, 0.29) is 18.3 Å². The van der Waals surface area contributed by atoms with Crippen LogP contribution in [0.15, 0.2) is 41.3 Å². The Morgan fingerprint density at radius 1 is 0.889 bits per heavy atom. The van der Waals surface area contributed by atoms with Gasteiger partial charge in [0.25, 0.3) is 0 Å². The van der Waals surface area contributed by atoms with Crippen LogP contribution in [0.4, 0.5) is 0 Å². The van der Waals surface area contributed by atoms with E-state index < -0.39 is 0 Å². The summed E-state index contributed by atoms with van der Waals surface area (Å²) in [6.45, 7) is 15.1. The maximum absolute atomic E-state index is 5.97. The second-order valence-electron chi connectivity index (χ2n) is 8.28. The predicted octanol–water partition coefficient (Wildman–Crippen LogP) is 4.35. The minimum Gasteiger partial charge on any atom is -0.399 e. The fourth-order valence-corrected chi connectivity index (χ4v) is 3.09. The van der Waals surface area contributed by atoms with Crippen LogP contribution in [-0.4, -0.2) is 18.3 Å². The topological polar surface area (TPSA) is 44.5 Å². The summed E-state index contributed by atoms with van der Waals surface area (Å²) in [5.74, 6) is 0. The maximum Gasteiger partial charge on any atom is 0.494 e. The molecule has 2 N–H and O–H groups in total. The highest BCUT2D eigenvalue weighted by atomic mass is 32.1. The Hall–Kier alpha value is -1.27. The summed E-state index contributed by atoms with van der Waals surface area (Å²) in [7, 11) is -0.285. The van der Waals surface area contributed by atoms with E-state index in [2.05, 4.69) is 73.2 Å². The Morgan fingerprint density at radius 2 is 1.33 bits per heavy atom. The molecule has 1 fully saturated rings. The SMILES string of the molecule is CC1(C)OB(c2ccc(CN)cc2)OC1(C)C.Cc1cc(C)c(S)c(C)c1. The van der Waals surface area contributed by atoms with Crippen molar-refractivity contribution in [3.8, 4) is 0 Å². The van der Waals surface area contributed by atoms with Crippen molar-refractivity contribution in [1.29, 1.82) is 0 Å². The maximum atomic E-state index is 5.97. The van der Waals surface area contributed by atoms with E-state index in [1.165, 1.54) is 16.7 Å². The Labute approximate surface area is 170 Å². The van der Waals surface area contributed by atoms with Gasteiger partial charge in [-0.05, 0) is 70.6 Å². The first-order valence-corrected chi connectivity index (χ1v) is 9.83. The minimum absolute atomic E-state index is 0.285. The summed E-state index contributed by atoms with van der Waals surface area (Å²) in [5.41, 5.74) is 11.0. The van der Waals surface area contributed by atoms with Crippen LogP contribution in [0.5, 0.6) is 0 Å². The molecule has 146 valence electrons. The molecular weight excluding hydrogens is 353 g/mol. The van der Waals surface area contributed by atoms with Crippen molar-refractivity contribution in [1.82, 2.24) is 0 Å². The lowest BCUT2D eigenvalue weighted by Crippen LogP contribution is -2.41. The van der Waals surface area contributed by atoms with E-state index in [1.54, 1.807) is 0 Å². The summed E-state index contributed by atoms with van der Waals surface area (Å²) in [4.78, 5) is 1.12. The van der Waals surface area contributed by atoms with Gasteiger partial charge in [-0.15, -0.1) is 12.6 Å². The molecule has 2 aromatic carbocycles. The third-order valence-corrected chi connectivity index (χ3v) is 6.08. The lowest BCUT2D eigenvalue weighted by molar-refractivity contribution is 0.00578. The minimum atomic E-state index is -0.287. The van der Waals surface area contributed by atoms with Crippen LogP contribution < -0.4 is 11.2 Å². The van der Waals surface area contributed by atoms with E-state index in [9.17, 15) is 0 Å². The van der Waals surface area contributed by atoms with Crippen LogP contribution in [0.2, 0.25) is 0 Å². The van der Waals surface area contributed by atoms with Crippen molar-refractivity contribution in [2.24, 2.45) is 5.73 Å². The van der Waals surface area contributed by atoms with Crippen LogP contribution in [0.1, 0.15) is 49.9 Å². The Balaban J connectivity index is 0.000000223. The zero-order chi connectivity index (χ0) is 20.4. The van der Waals surface area contributed by atoms with Gasteiger partial charge in [0.1, 0.15) is 0 Å². The average molecular weight is 385 g/mol. The van der Waals surface area contributed by atoms with Gasteiger partial charge in [-0.3, -0.25) is 0 Å². The summed E-state index contributed by atoms with van der Waals surface area (Å²) < 4.78 is 11.9. The van der Waals surface area contributed by atoms with Crippen molar-refractivity contribution < 1.29 is 9.31 Å². The zero-order valence-corrected chi connectivity index (χ0v) is 18.5. The molecule has 1 saturated heterocycles. The van der Waals surface area contributed by atoms with Gasteiger partial charge in [0.05, 0.1) is 11.2 Å². The highest BCUT2D eigenvalue weighted by Crippen LogP contribution is 2.36. The number of rotatable bonds is 2. The highest BCUT2D eigenvalue weighted by molar-refractivity contribution is 7.80. The smallest absolute Gasteiger partial charge is 0.399 e. The van der Waals surface area contributed by atoms with E-state index in [0.717, 1.165) is 15.9 Å². The normalized spacial score (nSPS) is 17.4. The molecule has 0 spiro atoms. The van der Waals surface area contributed by atoms with Gasteiger partial charge in [-0.25, -0.2) is 0 Å². The molecule has 0 aliphatic carbocycles. The fourth-order valence-electron chi connectivity index (χ4n) is 2.96. The molecule has 3 rings (SSSR count). The molecule has 1 aliphatic heterocycles. The monoisotopic (exact) mass is 385 g/mol. The number of benzene rings is 2. The predicted molar refractivity (Wildman–Crippen MR) is 118 cm³/mol. The molecular formula is C22H32BNO2S. The molecule has 0 bridgehead atoms. The van der Waals surface area contributed by atoms with E-state index in [1.807, 2.05) is 24.3 Å². The summed E-state index contributed by atoms with van der Waals surface area (Å²) in [6.07, 6.45) is 0. The first-order valence-electron chi connectivity index (χ1n) is 9.38. The quantitative estimate of drug-likeness (QED) is 0.597. The van der Waals surface area contributed by atoms with Crippen LogP contribution >= 0.6 is 12.6 Å². The van der Waals surface area contributed by atoms with Gasteiger partial charge in [0.2, 0.25) is 0 Å². The van der Waals surface area contributed by atoms with Crippen LogP contribution in [0, 0.1) is 20.8 Å². The van der Waals surface area contributed by atoms with Crippen LogP contribution in [0.25, 0.3) is 0 Å². The molecule has 1 aliphatic rings. The molecule has 0 atom stereocenters. The van der Waals surface area contributed by atoms with Crippen molar-refractivity contribution in [3.63, 3.8) is 0 Å². The lowest BCUT2D eigenvalue weighted by atomic mass is 9.79. The van der Waals surface area contributed by atoms with E-state index in [0.29, 0.717) is 6.54 Å². The first kappa shape index (κ1) is 22.0. The zero-order valence-electron chi connectivity index (χ0n) is 17.6. The number of hydrogen-bond donors (Lipinski definition) is 2. The molecule has 0 unspecified atom stereocenters.